The number of aliphatic carboxylic acids is 1. The maximum absolute atomic E-state index is 10.4. The van der Waals surface area contributed by atoms with Crippen LogP contribution in [0.2, 0.25) is 0 Å². The van der Waals surface area contributed by atoms with Gasteiger partial charge < -0.3 is 5.11 Å². The molecule has 134 valence electrons. The second-order valence-electron chi connectivity index (χ2n) is 6.47. The molecule has 0 heterocycles. The first-order valence-electron chi connectivity index (χ1n) is 9.80. The Balaban J connectivity index is 3.16. The lowest BCUT2D eigenvalue weighted by atomic mass is 10.1. The van der Waals surface area contributed by atoms with Gasteiger partial charge in [-0.1, -0.05) is 89.0 Å². The lowest BCUT2D eigenvalue weighted by Gasteiger charge is -2.00. The number of allylic oxidation sites excluding steroid dienone is 4. The van der Waals surface area contributed by atoms with Crippen LogP contribution in [0.1, 0.15) is 103 Å². The molecule has 0 unspecified atom stereocenters. The van der Waals surface area contributed by atoms with Gasteiger partial charge >= 0.3 is 5.97 Å². The summed E-state index contributed by atoms with van der Waals surface area (Å²) >= 11 is 0. The van der Waals surface area contributed by atoms with Crippen molar-refractivity contribution >= 4 is 5.97 Å². The standard InChI is InChI=1S/C21H38O2/c1-2-3-4-5-6-7-8-9-10-11-12-13-14-15-16-17-18-19-20-21(22)23/h7-10H,2-6,11-20H2,1H3,(H,22,23)/b8-7+,10-9-. The van der Waals surface area contributed by atoms with Crippen molar-refractivity contribution in [3.8, 4) is 0 Å². The van der Waals surface area contributed by atoms with Gasteiger partial charge in [0.25, 0.3) is 0 Å². The highest BCUT2D eigenvalue weighted by Crippen LogP contribution is 2.11. The molecule has 0 aromatic heterocycles. The molecular formula is C21H38O2. The summed E-state index contributed by atoms with van der Waals surface area (Å²) < 4.78 is 0. The number of hydrogen-bond donors (Lipinski definition) is 1. The third-order valence-corrected chi connectivity index (χ3v) is 4.12. The van der Waals surface area contributed by atoms with E-state index in [1.54, 1.807) is 0 Å². The largest absolute Gasteiger partial charge is 0.481 e. The van der Waals surface area contributed by atoms with Crippen molar-refractivity contribution in [2.45, 2.75) is 103 Å². The van der Waals surface area contributed by atoms with Crippen molar-refractivity contribution in [2.24, 2.45) is 0 Å². The summed E-state index contributed by atoms with van der Waals surface area (Å²) in [6.07, 6.45) is 26.7. The molecule has 2 nitrogen and oxygen atoms in total. The minimum absolute atomic E-state index is 0.333. The number of carboxylic acids is 1. The summed E-state index contributed by atoms with van der Waals surface area (Å²) in [6.45, 7) is 2.25. The highest BCUT2D eigenvalue weighted by Gasteiger charge is 1.96. The monoisotopic (exact) mass is 322 g/mol. The van der Waals surface area contributed by atoms with Gasteiger partial charge in [0.2, 0.25) is 0 Å². The van der Waals surface area contributed by atoms with Gasteiger partial charge in [-0.15, -0.1) is 0 Å². The summed E-state index contributed by atoms with van der Waals surface area (Å²) in [5.74, 6) is -0.663. The van der Waals surface area contributed by atoms with Gasteiger partial charge in [-0.05, 0) is 32.1 Å². The third-order valence-electron chi connectivity index (χ3n) is 4.12. The van der Waals surface area contributed by atoms with E-state index in [2.05, 4.69) is 31.2 Å². The molecular weight excluding hydrogens is 284 g/mol. The second-order valence-corrected chi connectivity index (χ2v) is 6.47. The SMILES string of the molecule is CCCCCC/C=C/C=C\CCCCCCCCCCC(=O)O. The Labute approximate surface area is 144 Å². The molecule has 0 aliphatic rings. The molecule has 23 heavy (non-hydrogen) atoms. The van der Waals surface area contributed by atoms with Crippen molar-refractivity contribution in [3.05, 3.63) is 24.3 Å². The quantitative estimate of drug-likeness (QED) is 0.230. The fourth-order valence-electron chi connectivity index (χ4n) is 2.64. The van der Waals surface area contributed by atoms with E-state index in [0.29, 0.717) is 6.42 Å². The Kier molecular flexibility index (Phi) is 18.1. The summed E-state index contributed by atoms with van der Waals surface area (Å²) in [4.78, 5) is 10.4. The number of carboxylic acid groups (broad SMARTS) is 1. The number of hydrogen-bond acceptors (Lipinski definition) is 1. The van der Waals surface area contributed by atoms with E-state index in [0.717, 1.165) is 12.8 Å². The van der Waals surface area contributed by atoms with Gasteiger partial charge in [-0.2, -0.15) is 0 Å². The molecule has 0 saturated heterocycles. The molecule has 0 radical (unpaired) electrons. The van der Waals surface area contributed by atoms with Crippen LogP contribution < -0.4 is 0 Å². The van der Waals surface area contributed by atoms with Crippen molar-refractivity contribution in [2.75, 3.05) is 0 Å². The molecule has 2 heteroatoms. The van der Waals surface area contributed by atoms with Gasteiger partial charge in [0.1, 0.15) is 0 Å². The van der Waals surface area contributed by atoms with Crippen LogP contribution in [0.4, 0.5) is 0 Å². The number of unbranched alkanes of at least 4 members (excludes halogenated alkanes) is 12. The molecule has 1 N–H and O–H groups in total. The van der Waals surface area contributed by atoms with E-state index in [9.17, 15) is 4.79 Å². The summed E-state index contributed by atoms with van der Waals surface area (Å²) in [6, 6.07) is 0. The highest BCUT2D eigenvalue weighted by atomic mass is 16.4. The Hall–Kier alpha value is -1.05. The van der Waals surface area contributed by atoms with Crippen LogP contribution >= 0.6 is 0 Å². The van der Waals surface area contributed by atoms with Gasteiger partial charge in [0.15, 0.2) is 0 Å². The third kappa shape index (κ3) is 21.0. The minimum atomic E-state index is -0.663. The van der Waals surface area contributed by atoms with E-state index in [1.807, 2.05) is 0 Å². The summed E-state index contributed by atoms with van der Waals surface area (Å²) in [5, 5.41) is 8.54. The minimum Gasteiger partial charge on any atom is -0.481 e. The van der Waals surface area contributed by atoms with E-state index >= 15 is 0 Å². The van der Waals surface area contributed by atoms with Crippen LogP contribution in [0.3, 0.4) is 0 Å². The van der Waals surface area contributed by atoms with Crippen LogP contribution in [0.15, 0.2) is 24.3 Å². The molecule has 0 aromatic carbocycles. The zero-order chi connectivity index (χ0) is 17.0. The lowest BCUT2D eigenvalue weighted by molar-refractivity contribution is -0.137. The van der Waals surface area contributed by atoms with Crippen LogP contribution in [-0.2, 0) is 4.79 Å². The topological polar surface area (TPSA) is 37.3 Å². The average molecular weight is 323 g/mol. The molecule has 0 saturated carbocycles. The van der Waals surface area contributed by atoms with Crippen molar-refractivity contribution in [1.82, 2.24) is 0 Å². The summed E-state index contributed by atoms with van der Waals surface area (Å²) in [5.41, 5.74) is 0. The average Bonchev–Trinajstić information content (AvgIpc) is 2.53. The van der Waals surface area contributed by atoms with Crippen LogP contribution in [0, 0.1) is 0 Å². The smallest absolute Gasteiger partial charge is 0.303 e. The normalized spacial score (nSPS) is 11.7. The lowest BCUT2D eigenvalue weighted by Crippen LogP contribution is -1.93. The predicted octanol–water partition coefficient (Wildman–Crippen LogP) is 7.05. The van der Waals surface area contributed by atoms with Gasteiger partial charge in [-0.3, -0.25) is 4.79 Å². The molecule has 0 aliphatic heterocycles. The van der Waals surface area contributed by atoms with Gasteiger partial charge in [-0.25, -0.2) is 0 Å². The fraction of sp³-hybridized carbons (Fsp3) is 0.762. The fourth-order valence-corrected chi connectivity index (χ4v) is 2.64. The first kappa shape index (κ1) is 21.9. The Morgan fingerprint density at radius 3 is 1.61 bits per heavy atom. The Bertz CT molecular complexity index is 305. The van der Waals surface area contributed by atoms with Crippen molar-refractivity contribution < 1.29 is 9.90 Å². The van der Waals surface area contributed by atoms with Crippen LogP contribution in [0.25, 0.3) is 0 Å². The molecule has 0 fully saturated rings. The molecule has 0 bridgehead atoms. The molecule has 0 atom stereocenters. The van der Waals surface area contributed by atoms with E-state index in [1.165, 1.54) is 77.0 Å². The van der Waals surface area contributed by atoms with Crippen LogP contribution in [0.5, 0.6) is 0 Å². The number of rotatable bonds is 17. The van der Waals surface area contributed by atoms with E-state index in [-0.39, 0.29) is 0 Å². The Morgan fingerprint density at radius 1 is 0.696 bits per heavy atom. The van der Waals surface area contributed by atoms with Gasteiger partial charge in [0, 0.05) is 6.42 Å². The van der Waals surface area contributed by atoms with Gasteiger partial charge in [0.05, 0.1) is 0 Å². The van der Waals surface area contributed by atoms with Crippen molar-refractivity contribution in [3.63, 3.8) is 0 Å². The molecule has 0 aromatic rings. The molecule has 0 amide bonds. The maximum atomic E-state index is 10.4. The van der Waals surface area contributed by atoms with Crippen molar-refractivity contribution in [1.29, 1.82) is 0 Å². The predicted molar refractivity (Wildman–Crippen MR) is 101 cm³/mol. The highest BCUT2D eigenvalue weighted by molar-refractivity contribution is 5.66. The molecule has 0 spiro atoms. The second kappa shape index (κ2) is 19.0. The number of carbonyl (C=O) groups is 1. The maximum Gasteiger partial charge on any atom is 0.303 e. The zero-order valence-corrected chi connectivity index (χ0v) is 15.3. The first-order chi connectivity index (χ1) is 11.3. The van der Waals surface area contributed by atoms with E-state index in [4.69, 9.17) is 5.11 Å². The molecule has 0 aliphatic carbocycles. The first-order valence-corrected chi connectivity index (χ1v) is 9.80. The van der Waals surface area contributed by atoms with Crippen LogP contribution in [-0.4, -0.2) is 11.1 Å². The zero-order valence-electron chi connectivity index (χ0n) is 15.3. The summed E-state index contributed by atoms with van der Waals surface area (Å²) in [7, 11) is 0. The molecule has 0 rings (SSSR count). The van der Waals surface area contributed by atoms with E-state index < -0.39 is 5.97 Å². The Morgan fingerprint density at radius 2 is 1.13 bits per heavy atom.